The highest BCUT2D eigenvalue weighted by molar-refractivity contribution is 5.30. The molecule has 1 aromatic rings. The van der Waals surface area contributed by atoms with E-state index in [4.69, 9.17) is 9.47 Å². The lowest BCUT2D eigenvalue weighted by Gasteiger charge is -2.28. The molecule has 1 saturated carbocycles. The maximum absolute atomic E-state index is 6.04. The predicted octanol–water partition coefficient (Wildman–Crippen LogP) is 3.94. The van der Waals surface area contributed by atoms with Gasteiger partial charge in [0.2, 0.25) is 0 Å². The first kappa shape index (κ1) is 16.3. The van der Waals surface area contributed by atoms with Gasteiger partial charge in [-0.05, 0) is 63.8 Å². The van der Waals surface area contributed by atoms with E-state index in [2.05, 4.69) is 43.4 Å². The van der Waals surface area contributed by atoms with Crippen LogP contribution in [0.4, 0.5) is 0 Å². The summed E-state index contributed by atoms with van der Waals surface area (Å²) in [7, 11) is 0. The highest BCUT2D eigenvalue weighted by atomic mass is 16.5. The number of benzene rings is 1. The van der Waals surface area contributed by atoms with E-state index in [9.17, 15) is 0 Å². The summed E-state index contributed by atoms with van der Waals surface area (Å²) in [6, 6.07) is 8.74. The number of likely N-dealkylation sites (N-methyl/N-ethyl adjacent to an activating group) is 1. The number of hydrogen-bond acceptors (Lipinski definition) is 3. The first-order valence-corrected chi connectivity index (χ1v) is 8.27. The highest BCUT2D eigenvalue weighted by Gasteiger charge is 2.37. The highest BCUT2D eigenvalue weighted by Crippen LogP contribution is 2.40. The smallest absolute Gasteiger partial charge is 0.119 e. The first-order chi connectivity index (χ1) is 10.2. The molecular weight excluding hydrogens is 262 g/mol. The van der Waals surface area contributed by atoms with Gasteiger partial charge in [-0.15, -0.1) is 0 Å². The first-order valence-electron chi connectivity index (χ1n) is 8.27. The standard InChI is InChI=1S/C18H29NO2/c1-5-19-17(18(20-6-2)15-7-8-15)14-9-11-16(12-10-14)21-13(3)4/h9-13,15,17-19H,5-8H2,1-4H3. The summed E-state index contributed by atoms with van der Waals surface area (Å²) in [5, 5.41) is 3.60. The topological polar surface area (TPSA) is 30.5 Å². The van der Waals surface area contributed by atoms with Crippen molar-refractivity contribution in [3.8, 4) is 5.75 Å². The summed E-state index contributed by atoms with van der Waals surface area (Å²) in [6.45, 7) is 10.1. The van der Waals surface area contributed by atoms with Crippen LogP contribution in [0.2, 0.25) is 0 Å². The van der Waals surface area contributed by atoms with Crippen molar-refractivity contribution >= 4 is 0 Å². The number of hydrogen-bond donors (Lipinski definition) is 1. The minimum atomic E-state index is 0.211. The average molecular weight is 291 g/mol. The van der Waals surface area contributed by atoms with E-state index >= 15 is 0 Å². The molecule has 0 spiro atoms. The fourth-order valence-electron chi connectivity index (χ4n) is 2.79. The molecule has 0 saturated heterocycles. The number of ether oxygens (including phenoxy) is 2. The van der Waals surface area contributed by atoms with Crippen LogP contribution in [0.5, 0.6) is 5.75 Å². The van der Waals surface area contributed by atoms with Crippen molar-refractivity contribution in [2.75, 3.05) is 13.2 Å². The van der Waals surface area contributed by atoms with Gasteiger partial charge >= 0.3 is 0 Å². The Hall–Kier alpha value is -1.06. The number of nitrogens with one attached hydrogen (secondary N) is 1. The summed E-state index contributed by atoms with van der Waals surface area (Å²) in [5.41, 5.74) is 1.29. The molecule has 0 aliphatic heterocycles. The van der Waals surface area contributed by atoms with E-state index in [1.54, 1.807) is 0 Å². The molecule has 3 heteroatoms. The maximum Gasteiger partial charge on any atom is 0.119 e. The van der Waals surface area contributed by atoms with Crippen LogP contribution < -0.4 is 10.1 Å². The molecule has 118 valence electrons. The number of rotatable bonds is 9. The third-order valence-electron chi connectivity index (χ3n) is 3.81. The third kappa shape index (κ3) is 4.72. The largest absolute Gasteiger partial charge is 0.491 e. The van der Waals surface area contributed by atoms with Gasteiger partial charge in [0.1, 0.15) is 5.75 Å². The van der Waals surface area contributed by atoms with Gasteiger partial charge in [-0.1, -0.05) is 19.1 Å². The molecule has 0 bridgehead atoms. The molecular formula is C18H29NO2. The zero-order valence-corrected chi connectivity index (χ0v) is 13.8. The fourth-order valence-corrected chi connectivity index (χ4v) is 2.79. The summed E-state index contributed by atoms with van der Waals surface area (Å²) < 4.78 is 11.8. The van der Waals surface area contributed by atoms with E-state index in [1.165, 1.54) is 18.4 Å². The fraction of sp³-hybridized carbons (Fsp3) is 0.667. The van der Waals surface area contributed by atoms with E-state index < -0.39 is 0 Å². The van der Waals surface area contributed by atoms with Crippen LogP contribution in [-0.2, 0) is 4.74 Å². The molecule has 1 fully saturated rings. The van der Waals surface area contributed by atoms with Crippen molar-refractivity contribution < 1.29 is 9.47 Å². The van der Waals surface area contributed by atoms with Crippen LogP contribution in [0.15, 0.2) is 24.3 Å². The van der Waals surface area contributed by atoms with Crippen LogP contribution in [0.1, 0.15) is 52.1 Å². The lowest BCUT2D eigenvalue weighted by molar-refractivity contribution is 0.0189. The van der Waals surface area contributed by atoms with Gasteiger partial charge in [-0.3, -0.25) is 0 Å². The molecule has 3 nitrogen and oxygen atoms in total. The normalized spacial score (nSPS) is 17.8. The van der Waals surface area contributed by atoms with Crippen LogP contribution in [-0.4, -0.2) is 25.4 Å². The zero-order chi connectivity index (χ0) is 15.2. The van der Waals surface area contributed by atoms with Crippen molar-refractivity contribution in [3.63, 3.8) is 0 Å². The summed E-state index contributed by atoms with van der Waals surface area (Å²) in [6.07, 6.45) is 3.08. The van der Waals surface area contributed by atoms with Crippen LogP contribution in [0.3, 0.4) is 0 Å². The van der Waals surface area contributed by atoms with Gasteiger partial charge in [0, 0.05) is 6.61 Å². The van der Waals surface area contributed by atoms with E-state index in [0.29, 0.717) is 5.92 Å². The molecule has 2 rings (SSSR count). The molecule has 1 aliphatic rings. The predicted molar refractivity (Wildman–Crippen MR) is 86.8 cm³/mol. The van der Waals surface area contributed by atoms with Gasteiger partial charge < -0.3 is 14.8 Å². The van der Waals surface area contributed by atoms with Crippen molar-refractivity contribution in [2.45, 2.75) is 58.8 Å². The summed E-state index contributed by atoms with van der Waals surface area (Å²) >= 11 is 0. The van der Waals surface area contributed by atoms with Crippen molar-refractivity contribution in [1.82, 2.24) is 5.32 Å². The molecule has 0 aromatic heterocycles. The van der Waals surface area contributed by atoms with Gasteiger partial charge in [-0.2, -0.15) is 0 Å². The third-order valence-corrected chi connectivity index (χ3v) is 3.81. The van der Waals surface area contributed by atoms with Gasteiger partial charge in [0.15, 0.2) is 0 Å². The Balaban J connectivity index is 2.12. The van der Waals surface area contributed by atoms with Crippen molar-refractivity contribution in [1.29, 1.82) is 0 Å². The second kappa shape index (κ2) is 7.81. The molecule has 0 amide bonds. The average Bonchev–Trinajstić information content (AvgIpc) is 3.28. The van der Waals surface area contributed by atoms with E-state index in [1.807, 2.05) is 13.8 Å². The second-order valence-corrected chi connectivity index (χ2v) is 6.03. The lowest BCUT2D eigenvalue weighted by atomic mass is 9.97. The van der Waals surface area contributed by atoms with Gasteiger partial charge in [-0.25, -0.2) is 0 Å². The molecule has 0 heterocycles. The van der Waals surface area contributed by atoms with Crippen molar-refractivity contribution in [2.24, 2.45) is 5.92 Å². The minimum Gasteiger partial charge on any atom is -0.491 e. The lowest BCUT2D eigenvalue weighted by Crippen LogP contribution is -2.35. The van der Waals surface area contributed by atoms with E-state index in [-0.39, 0.29) is 18.2 Å². The molecule has 21 heavy (non-hydrogen) atoms. The Morgan fingerprint density at radius 1 is 1.14 bits per heavy atom. The van der Waals surface area contributed by atoms with Gasteiger partial charge in [0.25, 0.3) is 0 Å². The van der Waals surface area contributed by atoms with Crippen LogP contribution in [0, 0.1) is 5.92 Å². The van der Waals surface area contributed by atoms with Crippen LogP contribution >= 0.6 is 0 Å². The molecule has 1 N–H and O–H groups in total. The monoisotopic (exact) mass is 291 g/mol. The van der Waals surface area contributed by atoms with Gasteiger partial charge in [0.05, 0.1) is 18.2 Å². The van der Waals surface area contributed by atoms with Crippen molar-refractivity contribution in [3.05, 3.63) is 29.8 Å². The molecule has 1 aliphatic carbocycles. The summed E-state index contributed by atoms with van der Waals surface area (Å²) in [5.74, 6) is 1.64. The zero-order valence-electron chi connectivity index (χ0n) is 13.8. The molecule has 0 radical (unpaired) electrons. The van der Waals surface area contributed by atoms with Crippen LogP contribution in [0.25, 0.3) is 0 Å². The SMILES string of the molecule is CCNC(c1ccc(OC(C)C)cc1)C(OCC)C1CC1. The maximum atomic E-state index is 6.04. The molecule has 2 atom stereocenters. The summed E-state index contributed by atoms with van der Waals surface area (Å²) in [4.78, 5) is 0. The Kier molecular flexibility index (Phi) is 6.07. The Morgan fingerprint density at radius 2 is 1.81 bits per heavy atom. The minimum absolute atomic E-state index is 0.211. The van der Waals surface area contributed by atoms with E-state index in [0.717, 1.165) is 18.9 Å². The Bertz CT molecular complexity index is 412. The molecule has 2 unspecified atom stereocenters. The quantitative estimate of drug-likeness (QED) is 0.747. The Labute approximate surface area is 129 Å². The molecule has 1 aromatic carbocycles. The second-order valence-electron chi connectivity index (χ2n) is 6.03. The Morgan fingerprint density at radius 3 is 2.29 bits per heavy atom.